The first kappa shape index (κ1) is 8.86. The third kappa shape index (κ3) is 2.10. The molecule has 11 heavy (non-hydrogen) atoms. The summed E-state index contributed by atoms with van der Waals surface area (Å²) in [6, 6.07) is 5.93. The van der Waals surface area contributed by atoms with Crippen molar-refractivity contribution in [1.82, 2.24) is 0 Å². The lowest BCUT2D eigenvalue weighted by molar-refractivity contribution is 0.432. The molecule has 5 heteroatoms. The van der Waals surface area contributed by atoms with Gasteiger partial charge in [-0.2, -0.15) is 0 Å². The molecule has 0 fully saturated rings. The zero-order chi connectivity index (χ0) is 8.48. The SMILES string of the molecule is OS(O)(F)c1ccccc1S. The minimum Gasteiger partial charge on any atom is -0.269 e. The van der Waals surface area contributed by atoms with Crippen molar-refractivity contribution in [1.29, 1.82) is 0 Å². The van der Waals surface area contributed by atoms with Crippen LogP contribution >= 0.6 is 23.6 Å². The van der Waals surface area contributed by atoms with Crippen LogP contribution in [0.15, 0.2) is 34.1 Å². The molecule has 0 atom stereocenters. The fraction of sp³-hybridized carbons (Fsp3) is 0. The Morgan fingerprint density at radius 3 is 2.18 bits per heavy atom. The van der Waals surface area contributed by atoms with Gasteiger partial charge in [0.1, 0.15) is 4.90 Å². The molecule has 0 heterocycles. The van der Waals surface area contributed by atoms with Crippen molar-refractivity contribution in [2.45, 2.75) is 9.79 Å². The average Bonchev–Trinajstić information content (AvgIpc) is 1.86. The molecule has 0 radical (unpaired) electrons. The van der Waals surface area contributed by atoms with Gasteiger partial charge >= 0.3 is 0 Å². The lowest BCUT2D eigenvalue weighted by atomic mass is 10.4. The second-order valence-electron chi connectivity index (χ2n) is 1.95. The lowest BCUT2D eigenvalue weighted by Crippen LogP contribution is -1.90. The molecule has 2 nitrogen and oxygen atoms in total. The van der Waals surface area contributed by atoms with E-state index in [1.54, 1.807) is 6.07 Å². The Kier molecular flexibility index (Phi) is 2.43. The molecule has 0 aliphatic carbocycles. The molecular formula is C6H7FO2S2. The number of rotatable bonds is 1. The topological polar surface area (TPSA) is 40.5 Å². The number of hydrogen-bond donors (Lipinski definition) is 3. The largest absolute Gasteiger partial charge is 0.269 e. The molecule has 0 bridgehead atoms. The number of thiol groups is 1. The van der Waals surface area contributed by atoms with Gasteiger partial charge in [0, 0.05) is 4.90 Å². The smallest absolute Gasteiger partial charge is 0.105 e. The predicted molar refractivity (Wildman–Crippen MR) is 45.9 cm³/mol. The maximum atomic E-state index is 12.5. The van der Waals surface area contributed by atoms with Crippen molar-refractivity contribution in [3.63, 3.8) is 0 Å². The van der Waals surface area contributed by atoms with Crippen molar-refractivity contribution < 1.29 is 13.0 Å². The number of hydrogen-bond acceptors (Lipinski definition) is 3. The highest BCUT2D eigenvalue weighted by atomic mass is 32.3. The Labute approximate surface area is 71.1 Å². The van der Waals surface area contributed by atoms with Crippen LogP contribution in [0, 0.1) is 0 Å². The van der Waals surface area contributed by atoms with Gasteiger partial charge in [0.25, 0.3) is 0 Å². The summed E-state index contributed by atoms with van der Waals surface area (Å²) >= 11 is 3.85. The van der Waals surface area contributed by atoms with E-state index in [2.05, 4.69) is 12.6 Å². The second-order valence-corrected chi connectivity index (χ2v) is 3.83. The van der Waals surface area contributed by atoms with Gasteiger partial charge < -0.3 is 0 Å². The maximum absolute atomic E-state index is 12.5. The lowest BCUT2D eigenvalue weighted by Gasteiger charge is -2.21. The Morgan fingerprint density at radius 1 is 1.27 bits per heavy atom. The van der Waals surface area contributed by atoms with E-state index in [1.807, 2.05) is 0 Å². The van der Waals surface area contributed by atoms with Gasteiger partial charge in [-0.15, -0.1) is 12.6 Å². The van der Waals surface area contributed by atoms with Crippen LogP contribution in [-0.2, 0) is 0 Å². The molecule has 0 spiro atoms. The summed E-state index contributed by atoms with van der Waals surface area (Å²) in [4.78, 5) is 0.0818. The molecule has 62 valence electrons. The van der Waals surface area contributed by atoms with Gasteiger partial charge in [-0.05, 0) is 23.1 Å². The molecule has 2 N–H and O–H groups in total. The molecule has 0 aliphatic heterocycles. The van der Waals surface area contributed by atoms with Gasteiger partial charge in [0.15, 0.2) is 0 Å². The van der Waals surface area contributed by atoms with Gasteiger partial charge in [-0.1, -0.05) is 16.0 Å². The summed E-state index contributed by atoms with van der Waals surface area (Å²) in [5.74, 6) is 0. The summed E-state index contributed by atoms with van der Waals surface area (Å²) in [5.41, 5.74) is 0. The van der Waals surface area contributed by atoms with E-state index in [-0.39, 0.29) is 9.79 Å². The fourth-order valence-electron chi connectivity index (χ4n) is 0.677. The maximum Gasteiger partial charge on any atom is 0.105 e. The molecule has 0 saturated heterocycles. The molecule has 1 aromatic carbocycles. The Balaban J connectivity index is 3.14. The standard InChI is InChI=1S/C6H7FO2S2/c7-11(8,9)6-4-2-1-3-5(6)10/h1-4,8-10H. The van der Waals surface area contributed by atoms with Crippen molar-refractivity contribution >= 4 is 23.6 Å². The van der Waals surface area contributed by atoms with Gasteiger partial charge in [0.2, 0.25) is 0 Å². The molecule has 0 aliphatic rings. The average molecular weight is 194 g/mol. The first-order valence-electron chi connectivity index (χ1n) is 2.77. The first-order valence-corrected chi connectivity index (χ1v) is 4.67. The summed E-state index contributed by atoms with van der Waals surface area (Å²) in [5, 5.41) is 0. The van der Waals surface area contributed by atoms with Crippen LogP contribution in [0.25, 0.3) is 0 Å². The van der Waals surface area contributed by atoms with Crippen molar-refractivity contribution in [3.8, 4) is 0 Å². The quantitative estimate of drug-likeness (QED) is 0.601. The zero-order valence-corrected chi connectivity index (χ0v) is 7.15. The highest BCUT2D eigenvalue weighted by molar-refractivity contribution is 8.20. The van der Waals surface area contributed by atoms with Crippen LogP contribution < -0.4 is 0 Å². The highest BCUT2D eigenvalue weighted by Gasteiger charge is 2.15. The van der Waals surface area contributed by atoms with Gasteiger partial charge in [-0.25, -0.2) is 0 Å². The molecule has 1 aromatic rings. The molecule has 0 amide bonds. The van der Waals surface area contributed by atoms with Crippen molar-refractivity contribution in [2.24, 2.45) is 0 Å². The summed E-state index contributed by atoms with van der Waals surface area (Å²) < 4.78 is 29.7. The molecule has 0 aromatic heterocycles. The summed E-state index contributed by atoms with van der Waals surface area (Å²) in [6.07, 6.45) is 0. The van der Waals surface area contributed by atoms with E-state index in [0.29, 0.717) is 0 Å². The van der Waals surface area contributed by atoms with Crippen LogP contribution in [0.3, 0.4) is 0 Å². The van der Waals surface area contributed by atoms with E-state index < -0.39 is 11.0 Å². The minimum atomic E-state index is -4.11. The van der Waals surface area contributed by atoms with Crippen LogP contribution in [0.5, 0.6) is 0 Å². The Hall–Kier alpha value is -0.230. The normalized spacial score (nSPS) is 13.1. The number of halogens is 1. The summed E-state index contributed by atoms with van der Waals surface area (Å²) in [7, 11) is -4.11. The Morgan fingerprint density at radius 2 is 1.82 bits per heavy atom. The first-order chi connectivity index (χ1) is 5.02. The van der Waals surface area contributed by atoms with E-state index in [1.165, 1.54) is 18.2 Å². The summed E-state index contributed by atoms with van der Waals surface area (Å²) in [6.45, 7) is 0. The van der Waals surface area contributed by atoms with Crippen LogP contribution in [-0.4, -0.2) is 9.11 Å². The van der Waals surface area contributed by atoms with E-state index in [0.717, 1.165) is 0 Å². The third-order valence-electron chi connectivity index (χ3n) is 1.15. The highest BCUT2D eigenvalue weighted by Crippen LogP contribution is 2.51. The number of benzene rings is 1. The Bertz CT molecular complexity index is 259. The van der Waals surface area contributed by atoms with Crippen LogP contribution in [0.2, 0.25) is 0 Å². The monoisotopic (exact) mass is 194 g/mol. The molecule has 0 unspecified atom stereocenters. The van der Waals surface area contributed by atoms with E-state index in [9.17, 15) is 3.89 Å². The fourth-order valence-corrected chi connectivity index (χ4v) is 1.77. The van der Waals surface area contributed by atoms with Gasteiger partial charge in [0.05, 0.1) is 0 Å². The molecule has 1 rings (SSSR count). The van der Waals surface area contributed by atoms with Gasteiger partial charge in [-0.3, -0.25) is 9.11 Å². The van der Waals surface area contributed by atoms with Crippen molar-refractivity contribution in [2.75, 3.05) is 0 Å². The minimum absolute atomic E-state index is 0.164. The molecular weight excluding hydrogens is 187 g/mol. The second kappa shape index (κ2) is 3.02. The van der Waals surface area contributed by atoms with Crippen molar-refractivity contribution in [3.05, 3.63) is 24.3 Å². The third-order valence-corrected chi connectivity index (χ3v) is 2.60. The van der Waals surface area contributed by atoms with Crippen LogP contribution in [0.1, 0.15) is 0 Å². The predicted octanol–water partition coefficient (Wildman–Crippen LogP) is 2.97. The van der Waals surface area contributed by atoms with E-state index in [4.69, 9.17) is 9.11 Å². The van der Waals surface area contributed by atoms with Crippen LogP contribution in [0.4, 0.5) is 3.89 Å². The molecule has 0 saturated carbocycles. The zero-order valence-electron chi connectivity index (χ0n) is 5.44. The van der Waals surface area contributed by atoms with E-state index >= 15 is 0 Å².